The monoisotopic (exact) mass is 611 g/mol. The quantitative estimate of drug-likeness (QED) is 0.211. The van der Waals surface area contributed by atoms with Crippen molar-refractivity contribution in [3.8, 4) is 0 Å². The van der Waals surface area contributed by atoms with Crippen LogP contribution in [0.2, 0.25) is 5.02 Å². The van der Waals surface area contributed by atoms with Crippen LogP contribution >= 0.6 is 22.9 Å². The molecule has 41 heavy (non-hydrogen) atoms. The number of rotatable bonds is 10. The molecule has 0 saturated carbocycles. The van der Waals surface area contributed by atoms with Crippen LogP contribution in [0.3, 0.4) is 0 Å². The number of hydrogen-bond acceptors (Lipinski definition) is 6. The van der Waals surface area contributed by atoms with Crippen LogP contribution in [0.4, 0.5) is 10.8 Å². The number of amides is 1. The fourth-order valence-electron chi connectivity index (χ4n) is 4.34. The van der Waals surface area contributed by atoms with Gasteiger partial charge in [-0.15, -0.1) is 11.3 Å². The normalized spacial score (nSPS) is 12.5. The summed E-state index contributed by atoms with van der Waals surface area (Å²) in [6, 6.07) is 20.0. The number of aryl methyl sites for hydroxylation is 2. The molecule has 0 fully saturated rings. The molecule has 0 aliphatic carbocycles. The molecule has 11 heteroatoms. The zero-order chi connectivity index (χ0) is 29.8. The molecule has 1 heterocycles. The van der Waals surface area contributed by atoms with Crippen molar-refractivity contribution >= 4 is 55.7 Å². The standard InChI is InChI=1S/C30H30ClN3O5S2/c1-30(2,3)26(28(36)37)34(24-13-8-12-22(31)18-24)41(38,39)25-14-7-11-21(17-25)27(35)33-29-32-23(19-40-29)16-15-20-9-5-4-6-10-20/h4-14,17-19,26H,15-16H2,1-3H3,(H,36,37)(H,32,33,35). The molecule has 1 unspecified atom stereocenters. The predicted molar refractivity (Wildman–Crippen MR) is 162 cm³/mol. The van der Waals surface area contributed by atoms with Crippen LogP contribution in [0.15, 0.2) is 89.1 Å². The highest BCUT2D eigenvalue weighted by molar-refractivity contribution is 7.93. The molecule has 0 radical (unpaired) electrons. The summed E-state index contributed by atoms with van der Waals surface area (Å²) in [5.41, 5.74) is 1.22. The SMILES string of the molecule is CC(C)(C)C(C(=O)O)N(c1cccc(Cl)c1)S(=O)(=O)c1cccc(C(=O)Nc2nc(CCc3ccccc3)cs2)c1. The molecule has 0 aliphatic heterocycles. The maximum Gasteiger partial charge on any atom is 0.328 e. The minimum atomic E-state index is -4.46. The van der Waals surface area contributed by atoms with E-state index in [1.54, 1.807) is 32.9 Å². The van der Waals surface area contributed by atoms with Gasteiger partial charge in [-0.1, -0.05) is 74.8 Å². The summed E-state index contributed by atoms with van der Waals surface area (Å²) in [6.45, 7) is 4.93. The molecule has 0 spiro atoms. The van der Waals surface area contributed by atoms with E-state index in [0.717, 1.165) is 16.4 Å². The van der Waals surface area contributed by atoms with Gasteiger partial charge in [0.15, 0.2) is 5.13 Å². The largest absolute Gasteiger partial charge is 0.480 e. The molecule has 4 aromatic rings. The number of benzene rings is 3. The Balaban J connectivity index is 1.60. The van der Waals surface area contributed by atoms with Crippen molar-refractivity contribution in [3.05, 3.63) is 106 Å². The van der Waals surface area contributed by atoms with E-state index < -0.39 is 33.4 Å². The third-order valence-corrected chi connectivity index (χ3v) is 9.12. The number of aromatic nitrogens is 1. The fourth-order valence-corrected chi connectivity index (χ4v) is 7.09. The summed E-state index contributed by atoms with van der Waals surface area (Å²) in [5.74, 6) is -1.85. The number of halogens is 1. The number of carbonyl (C=O) groups is 2. The zero-order valence-electron chi connectivity index (χ0n) is 22.7. The Morgan fingerprint density at radius 2 is 1.71 bits per heavy atom. The van der Waals surface area contributed by atoms with Gasteiger partial charge in [-0.2, -0.15) is 0 Å². The number of nitrogens with one attached hydrogen (secondary N) is 1. The van der Waals surface area contributed by atoms with E-state index in [1.807, 2.05) is 35.7 Å². The summed E-state index contributed by atoms with van der Waals surface area (Å²) < 4.78 is 28.9. The van der Waals surface area contributed by atoms with Crippen molar-refractivity contribution in [2.75, 3.05) is 9.62 Å². The first-order chi connectivity index (χ1) is 19.4. The van der Waals surface area contributed by atoms with Crippen molar-refractivity contribution in [2.45, 2.75) is 44.6 Å². The third kappa shape index (κ3) is 7.32. The van der Waals surface area contributed by atoms with Crippen LogP contribution in [0, 0.1) is 5.41 Å². The Bertz CT molecular complexity index is 1650. The number of hydrogen-bond donors (Lipinski definition) is 2. The van der Waals surface area contributed by atoms with E-state index in [4.69, 9.17) is 11.6 Å². The number of carbonyl (C=O) groups excluding carboxylic acids is 1. The molecule has 0 saturated heterocycles. The van der Waals surface area contributed by atoms with Crippen LogP contribution in [-0.2, 0) is 27.7 Å². The second-order valence-electron chi connectivity index (χ2n) is 10.5. The maximum absolute atomic E-state index is 14.0. The Morgan fingerprint density at radius 1 is 1.00 bits per heavy atom. The highest BCUT2D eigenvalue weighted by Crippen LogP contribution is 2.35. The van der Waals surface area contributed by atoms with Crippen LogP contribution in [0.5, 0.6) is 0 Å². The van der Waals surface area contributed by atoms with Gasteiger partial charge in [0.2, 0.25) is 0 Å². The number of anilines is 2. The highest BCUT2D eigenvalue weighted by Gasteiger charge is 2.43. The van der Waals surface area contributed by atoms with Crippen molar-refractivity contribution in [3.63, 3.8) is 0 Å². The molecule has 1 atom stereocenters. The average Bonchev–Trinajstić information content (AvgIpc) is 3.37. The van der Waals surface area contributed by atoms with E-state index in [0.29, 0.717) is 11.6 Å². The summed E-state index contributed by atoms with van der Waals surface area (Å²) in [7, 11) is -4.46. The third-order valence-electron chi connectivity index (χ3n) is 6.29. The van der Waals surface area contributed by atoms with Gasteiger partial charge in [0.25, 0.3) is 15.9 Å². The number of carboxylic acids is 1. The molecule has 1 aromatic heterocycles. The highest BCUT2D eigenvalue weighted by atomic mass is 35.5. The number of thiazole rings is 1. The molecule has 0 aliphatic rings. The minimum Gasteiger partial charge on any atom is -0.480 e. The summed E-state index contributed by atoms with van der Waals surface area (Å²) >= 11 is 7.44. The van der Waals surface area contributed by atoms with Crippen molar-refractivity contribution < 1.29 is 23.1 Å². The van der Waals surface area contributed by atoms with E-state index in [9.17, 15) is 23.1 Å². The lowest BCUT2D eigenvalue weighted by Gasteiger charge is -2.37. The van der Waals surface area contributed by atoms with E-state index in [2.05, 4.69) is 10.3 Å². The first kappa shape index (κ1) is 30.2. The smallest absolute Gasteiger partial charge is 0.328 e. The topological polar surface area (TPSA) is 117 Å². The second-order valence-corrected chi connectivity index (χ2v) is 13.6. The van der Waals surface area contributed by atoms with Crippen LogP contribution in [-0.4, -0.2) is 36.4 Å². The van der Waals surface area contributed by atoms with Gasteiger partial charge in [0.1, 0.15) is 6.04 Å². The summed E-state index contributed by atoms with van der Waals surface area (Å²) in [6.07, 6.45) is 1.52. The van der Waals surface area contributed by atoms with E-state index in [1.165, 1.54) is 53.3 Å². The van der Waals surface area contributed by atoms with Crippen molar-refractivity contribution in [1.29, 1.82) is 0 Å². The maximum atomic E-state index is 14.0. The molecule has 2 N–H and O–H groups in total. The molecule has 8 nitrogen and oxygen atoms in total. The fraction of sp³-hybridized carbons (Fsp3) is 0.233. The van der Waals surface area contributed by atoms with E-state index in [-0.39, 0.29) is 21.2 Å². The summed E-state index contributed by atoms with van der Waals surface area (Å²) in [4.78, 5) is 29.8. The molecule has 4 rings (SSSR count). The van der Waals surface area contributed by atoms with E-state index >= 15 is 0 Å². The lowest BCUT2D eigenvalue weighted by molar-refractivity contribution is -0.140. The second kappa shape index (κ2) is 12.4. The Labute approximate surface area is 248 Å². The first-order valence-electron chi connectivity index (χ1n) is 12.8. The zero-order valence-corrected chi connectivity index (χ0v) is 25.1. The van der Waals surface area contributed by atoms with Gasteiger partial charge >= 0.3 is 5.97 Å². The molecule has 1 amide bonds. The van der Waals surface area contributed by atoms with Crippen LogP contribution in [0.1, 0.15) is 42.4 Å². The lowest BCUT2D eigenvalue weighted by atomic mass is 9.86. The Morgan fingerprint density at radius 3 is 2.37 bits per heavy atom. The van der Waals surface area contributed by atoms with Gasteiger partial charge in [-0.05, 0) is 60.2 Å². The van der Waals surface area contributed by atoms with Gasteiger partial charge in [0.05, 0.1) is 16.3 Å². The van der Waals surface area contributed by atoms with Crippen LogP contribution in [0.25, 0.3) is 0 Å². The van der Waals surface area contributed by atoms with Gasteiger partial charge in [0, 0.05) is 16.0 Å². The minimum absolute atomic E-state index is 0.0841. The number of carboxylic acid groups (broad SMARTS) is 1. The summed E-state index contributed by atoms with van der Waals surface area (Å²) in [5, 5.41) is 15.4. The molecule has 214 valence electrons. The van der Waals surface area contributed by atoms with Gasteiger partial charge in [-0.3, -0.25) is 14.4 Å². The number of aliphatic carboxylic acids is 1. The van der Waals surface area contributed by atoms with Gasteiger partial charge in [-0.25, -0.2) is 18.2 Å². The molecule has 0 bridgehead atoms. The molecule has 3 aromatic carbocycles. The van der Waals surface area contributed by atoms with Crippen molar-refractivity contribution in [1.82, 2.24) is 4.98 Å². The molecular weight excluding hydrogens is 582 g/mol. The Kier molecular flexibility index (Phi) is 9.16. The lowest BCUT2D eigenvalue weighted by Crippen LogP contribution is -2.52. The number of nitrogens with zero attached hydrogens (tertiary/aromatic N) is 2. The predicted octanol–water partition coefficient (Wildman–Crippen LogP) is 6.53. The van der Waals surface area contributed by atoms with Gasteiger partial charge < -0.3 is 5.11 Å². The Hall–Kier alpha value is -3.73. The average molecular weight is 612 g/mol. The van der Waals surface area contributed by atoms with Crippen molar-refractivity contribution in [2.24, 2.45) is 5.41 Å². The first-order valence-corrected chi connectivity index (χ1v) is 15.5. The molecular formula is C30H30ClN3O5S2. The number of sulfonamides is 1. The van der Waals surface area contributed by atoms with Crippen LogP contribution < -0.4 is 9.62 Å².